The number of hydrogen-bond donors (Lipinski definition) is 0. The molecule has 9 heteroatoms. The van der Waals surface area contributed by atoms with E-state index in [4.69, 9.17) is 26.1 Å². The molecule has 2 aromatic carbocycles. The molecule has 0 spiro atoms. The smallest absolute Gasteiger partial charge is 0.266 e. The summed E-state index contributed by atoms with van der Waals surface area (Å²) in [6, 6.07) is 14.7. The first-order valence-corrected chi connectivity index (χ1v) is 12.3. The molecule has 1 amide bonds. The number of rotatable bonds is 12. The van der Waals surface area contributed by atoms with Crippen molar-refractivity contribution in [3.8, 4) is 22.8 Å². The molecule has 3 rings (SSSR count). The minimum Gasteiger partial charge on any atom is -0.497 e. The van der Waals surface area contributed by atoms with Crippen LogP contribution in [0.2, 0.25) is 5.02 Å². The molecule has 0 N–H and O–H groups in total. The van der Waals surface area contributed by atoms with E-state index in [1.54, 1.807) is 36.3 Å². The molecule has 0 fully saturated rings. The van der Waals surface area contributed by atoms with E-state index in [1.807, 2.05) is 29.6 Å². The summed E-state index contributed by atoms with van der Waals surface area (Å²) in [6.45, 7) is 7.71. The number of carbonyl (C=O) groups is 1. The zero-order valence-corrected chi connectivity index (χ0v) is 22.1. The Morgan fingerprint density at radius 3 is 2.26 bits per heavy atom. The molecule has 34 heavy (non-hydrogen) atoms. The highest BCUT2D eigenvalue weighted by atomic mass is 35.5. The molecule has 1 aromatic heterocycles. The van der Waals surface area contributed by atoms with Gasteiger partial charge < -0.3 is 14.4 Å². The highest BCUT2D eigenvalue weighted by molar-refractivity contribution is 7.14. The van der Waals surface area contributed by atoms with E-state index in [0.29, 0.717) is 22.4 Å². The Kier molecular flexibility index (Phi) is 11.6. The van der Waals surface area contributed by atoms with E-state index in [-0.39, 0.29) is 24.9 Å². The summed E-state index contributed by atoms with van der Waals surface area (Å²) in [4.78, 5) is 22.0. The van der Waals surface area contributed by atoms with E-state index in [0.717, 1.165) is 43.1 Å². The second kappa shape index (κ2) is 14.2. The van der Waals surface area contributed by atoms with Crippen LogP contribution in [-0.4, -0.2) is 55.7 Å². The fourth-order valence-corrected chi connectivity index (χ4v) is 4.36. The molecule has 3 aromatic rings. The Labute approximate surface area is 216 Å². The average Bonchev–Trinajstić information content (AvgIpc) is 3.33. The molecule has 0 radical (unpaired) electrons. The first-order chi connectivity index (χ1) is 16.0. The van der Waals surface area contributed by atoms with Crippen molar-refractivity contribution in [2.24, 2.45) is 0 Å². The number of benzene rings is 2. The number of anilines is 1. The molecule has 0 aliphatic heterocycles. The van der Waals surface area contributed by atoms with E-state index >= 15 is 0 Å². The zero-order valence-electron chi connectivity index (χ0n) is 19.7. The zero-order chi connectivity index (χ0) is 23.6. The maximum Gasteiger partial charge on any atom is 0.266 e. The summed E-state index contributed by atoms with van der Waals surface area (Å²) in [5, 5.41) is 3.27. The van der Waals surface area contributed by atoms with Crippen LogP contribution in [0.3, 0.4) is 0 Å². The summed E-state index contributed by atoms with van der Waals surface area (Å²) in [7, 11) is 1.64. The quantitative estimate of drug-likeness (QED) is 0.289. The molecule has 0 saturated heterocycles. The van der Waals surface area contributed by atoms with Crippen molar-refractivity contribution in [2.45, 2.75) is 20.3 Å². The molecular formula is C25H31Cl2N3O3S. The highest BCUT2D eigenvalue weighted by Crippen LogP contribution is 2.29. The summed E-state index contributed by atoms with van der Waals surface area (Å²) in [5.41, 5.74) is 1.81. The Bertz CT molecular complexity index is 1010. The fraction of sp³-hybridized carbons (Fsp3) is 0.360. The standard InChI is InChI=1S/C25H30ClN3O3S.ClH/c1-4-28(5-2)15-6-16-29(24(30)17-32-22-13-9-20(26)10-14-22)25-27-23(18-33-25)19-7-11-21(31-3)12-8-19;/h7-14,18H,4-6,15-17H2,1-3H3;1H. The number of carbonyl (C=O) groups excluding carboxylic acids is 1. The summed E-state index contributed by atoms with van der Waals surface area (Å²) >= 11 is 7.39. The minimum absolute atomic E-state index is 0. The van der Waals surface area contributed by atoms with Crippen LogP contribution < -0.4 is 14.4 Å². The lowest BCUT2D eigenvalue weighted by Crippen LogP contribution is -2.37. The molecule has 1 heterocycles. The van der Waals surface area contributed by atoms with Crippen molar-refractivity contribution in [3.63, 3.8) is 0 Å². The van der Waals surface area contributed by atoms with Gasteiger partial charge in [-0.1, -0.05) is 25.4 Å². The predicted molar refractivity (Wildman–Crippen MR) is 143 cm³/mol. The van der Waals surface area contributed by atoms with Gasteiger partial charge in [0.05, 0.1) is 12.8 Å². The summed E-state index contributed by atoms with van der Waals surface area (Å²) in [5.74, 6) is 1.27. The van der Waals surface area contributed by atoms with Crippen LogP contribution in [0.1, 0.15) is 20.3 Å². The second-order valence-electron chi connectivity index (χ2n) is 7.41. The molecule has 0 aliphatic carbocycles. The first kappa shape index (κ1) is 27.9. The van der Waals surface area contributed by atoms with Gasteiger partial charge in [0.1, 0.15) is 11.5 Å². The van der Waals surface area contributed by atoms with Gasteiger partial charge in [0.15, 0.2) is 11.7 Å². The van der Waals surface area contributed by atoms with Gasteiger partial charge >= 0.3 is 0 Å². The van der Waals surface area contributed by atoms with Crippen LogP contribution in [0.4, 0.5) is 5.13 Å². The van der Waals surface area contributed by atoms with Gasteiger partial charge in [0.25, 0.3) is 5.91 Å². The summed E-state index contributed by atoms with van der Waals surface area (Å²) in [6.07, 6.45) is 0.853. The number of methoxy groups -OCH3 is 1. The van der Waals surface area contributed by atoms with Crippen LogP contribution in [0.25, 0.3) is 11.3 Å². The van der Waals surface area contributed by atoms with Crippen LogP contribution in [-0.2, 0) is 4.79 Å². The third-order valence-corrected chi connectivity index (χ3v) is 6.45. The predicted octanol–water partition coefficient (Wildman–Crippen LogP) is 6.04. The van der Waals surface area contributed by atoms with Crippen molar-refractivity contribution < 1.29 is 14.3 Å². The highest BCUT2D eigenvalue weighted by Gasteiger charge is 2.20. The van der Waals surface area contributed by atoms with Gasteiger partial charge in [-0.3, -0.25) is 9.69 Å². The van der Waals surface area contributed by atoms with Crippen molar-refractivity contribution in [1.82, 2.24) is 9.88 Å². The molecule has 0 saturated carbocycles. The second-order valence-corrected chi connectivity index (χ2v) is 8.69. The lowest BCUT2D eigenvalue weighted by molar-refractivity contribution is -0.120. The lowest BCUT2D eigenvalue weighted by atomic mass is 10.2. The lowest BCUT2D eigenvalue weighted by Gasteiger charge is -2.23. The average molecular weight is 525 g/mol. The Hall–Kier alpha value is -2.32. The molecular weight excluding hydrogens is 493 g/mol. The number of hydrogen-bond acceptors (Lipinski definition) is 6. The third kappa shape index (κ3) is 7.87. The number of nitrogens with zero attached hydrogens (tertiary/aromatic N) is 3. The van der Waals surface area contributed by atoms with Crippen molar-refractivity contribution in [1.29, 1.82) is 0 Å². The minimum atomic E-state index is -0.125. The molecule has 6 nitrogen and oxygen atoms in total. The number of amides is 1. The molecule has 0 bridgehead atoms. The Morgan fingerprint density at radius 2 is 1.65 bits per heavy atom. The van der Waals surface area contributed by atoms with E-state index < -0.39 is 0 Å². The number of thiazole rings is 1. The van der Waals surface area contributed by atoms with E-state index in [9.17, 15) is 4.79 Å². The fourth-order valence-electron chi connectivity index (χ4n) is 3.36. The van der Waals surface area contributed by atoms with Gasteiger partial charge in [-0.15, -0.1) is 23.7 Å². The van der Waals surface area contributed by atoms with Crippen LogP contribution in [0.15, 0.2) is 53.9 Å². The molecule has 0 atom stereocenters. The van der Waals surface area contributed by atoms with E-state index in [2.05, 4.69) is 18.7 Å². The molecule has 184 valence electrons. The monoisotopic (exact) mass is 523 g/mol. The largest absolute Gasteiger partial charge is 0.497 e. The van der Waals surface area contributed by atoms with Gasteiger partial charge in [0.2, 0.25) is 0 Å². The number of aromatic nitrogens is 1. The maximum atomic E-state index is 13.1. The van der Waals surface area contributed by atoms with Crippen LogP contribution in [0, 0.1) is 0 Å². The van der Waals surface area contributed by atoms with Gasteiger partial charge in [-0.2, -0.15) is 0 Å². The van der Waals surface area contributed by atoms with Crippen molar-refractivity contribution >= 4 is 46.4 Å². The van der Waals surface area contributed by atoms with Gasteiger partial charge in [-0.05, 0) is 74.6 Å². The molecule has 0 aliphatic rings. The van der Waals surface area contributed by atoms with E-state index in [1.165, 1.54) is 11.3 Å². The van der Waals surface area contributed by atoms with Crippen LogP contribution in [0.5, 0.6) is 11.5 Å². The van der Waals surface area contributed by atoms with Crippen molar-refractivity contribution in [2.75, 3.05) is 44.8 Å². The number of ether oxygens (including phenoxy) is 2. The number of halogens is 2. The topological polar surface area (TPSA) is 54.9 Å². The summed E-state index contributed by atoms with van der Waals surface area (Å²) < 4.78 is 11.0. The maximum absolute atomic E-state index is 13.1. The normalized spacial score (nSPS) is 10.6. The van der Waals surface area contributed by atoms with Crippen LogP contribution >= 0.6 is 35.3 Å². The van der Waals surface area contributed by atoms with Crippen molar-refractivity contribution in [3.05, 3.63) is 58.9 Å². The van der Waals surface area contributed by atoms with Gasteiger partial charge in [0, 0.05) is 22.5 Å². The molecule has 0 unspecified atom stereocenters. The first-order valence-electron chi connectivity index (χ1n) is 11.0. The SMILES string of the molecule is CCN(CC)CCCN(C(=O)COc1ccc(Cl)cc1)c1nc(-c2ccc(OC)cc2)cs1.Cl. The van der Waals surface area contributed by atoms with Gasteiger partial charge in [-0.25, -0.2) is 4.98 Å². The third-order valence-electron chi connectivity index (χ3n) is 5.34. The Balaban J connectivity index is 0.00000408. The Morgan fingerprint density at radius 1 is 1.00 bits per heavy atom.